The summed E-state index contributed by atoms with van der Waals surface area (Å²) in [5, 5.41) is 10.6. The van der Waals surface area contributed by atoms with E-state index in [0.29, 0.717) is 6.54 Å². The molecular weight excluding hydrogens is 294 g/mol. The van der Waals surface area contributed by atoms with Crippen LogP contribution in [0.4, 0.5) is 0 Å². The summed E-state index contributed by atoms with van der Waals surface area (Å²) in [4.78, 5) is 23.7. The molecule has 0 saturated heterocycles. The van der Waals surface area contributed by atoms with Crippen molar-refractivity contribution >= 4 is 39.1 Å². The third-order valence-electron chi connectivity index (χ3n) is 2.16. The van der Waals surface area contributed by atoms with E-state index in [1.165, 1.54) is 23.2 Å². The largest absolute Gasteiger partial charge is 0.481 e. The van der Waals surface area contributed by atoms with Gasteiger partial charge in [-0.1, -0.05) is 0 Å². The summed E-state index contributed by atoms with van der Waals surface area (Å²) >= 11 is 4.87. The monoisotopic (exact) mass is 305 g/mol. The number of aliphatic carboxylic acids is 1. The minimum absolute atomic E-state index is 0.380. The van der Waals surface area contributed by atoms with Crippen LogP contribution in [0.25, 0.3) is 0 Å². The van der Waals surface area contributed by atoms with Crippen LogP contribution in [0.1, 0.15) is 12.5 Å². The van der Waals surface area contributed by atoms with E-state index >= 15 is 0 Å². The Morgan fingerprint density at radius 3 is 2.69 bits per heavy atom. The molecule has 1 heterocycles. The average molecular weight is 306 g/mol. The molecule has 0 fully saturated rings. The second-order valence-electron chi connectivity index (χ2n) is 3.51. The van der Waals surface area contributed by atoms with Gasteiger partial charge in [0.25, 0.3) is 0 Å². The number of hydrogen-bond acceptors (Lipinski definition) is 3. The number of halogens is 1. The zero-order valence-electron chi connectivity index (χ0n) is 8.94. The van der Waals surface area contributed by atoms with Crippen LogP contribution in [-0.2, 0) is 16.1 Å². The second kappa shape index (κ2) is 5.45. The number of thiophene rings is 1. The van der Waals surface area contributed by atoms with Gasteiger partial charge in [0.15, 0.2) is 0 Å². The molecule has 0 bridgehead atoms. The van der Waals surface area contributed by atoms with E-state index < -0.39 is 11.9 Å². The summed E-state index contributed by atoms with van der Waals surface area (Å²) in [7, 11) is 1.60. The van der Waals surface area contributed by atoms with Crippen molar-refractivity contribution in [2.45, 2.75) is 13.5 Å². The topological polar surface area (TPSA) is 57.6 Å². The van der Waals surface area contributed by atoms with Crippen molar-refractivity contribution in [3.05, 3.63) is 20.8 Å². The van der Waals surface area contributed by atoms with Gasteiger partial charge >= 0.3 is 5.97 Å². The van der Waals surface area contributed by atoms with Crippen LogP contribution in [0.5, 0.6) is 0 Å². The van der Waals surface area contributed by atoms with Gasteiger partial charge in [0.2, 0.25) is 5.91 Å². The van der Waals surface area contributed by atoms with Gasteiger partial charge in [0.1, 0.15) is 5.92 Å². The molecule has 0 aliphatic carbocycles. The molecule has 0 aromatic carbocycles. The molecule has 4 nitrogen and oxygen atoms in total. The van der Waals surface area contributed by atoms with E-state index in [4.69, 9.17) is 5.11 Å². The van der Waals surface area contributed by atoms with Crippen LogP contribution in [0.15, 0.2) is 15.2 Å². The molecule has 0 radical (unpaired) electrons. The Hall–Kier alpha value is -0.880. The van der Waals surface area contributed by atoms with Gasteiger partial charge in [-0.2, -0.15) is 0 Å². The molecule has 1 amide bonds. The molecule has 1 atom stereocenters. The predicted octanol–water partition coefficient (Wildman–Crippen LogP) is 2.19. The lowest BCUT2D eigenvalue weighted by molar-refractivity contribution is -0.149. The molecule has 0 aliphatic heterocycles. The number of nitrogens with zero attached hydrogens (tertiary/aromatic N) is 1. The van der Waals surface area contributed by atoms with Crippen LogP contribution in [0.3, 0.4) is 0 Å². The Morgan fingerprint density at radius 2 is 2.25 bits per heavy atom. The van der Waals surface area contributed by atoms with Crippen molar-refractivity contribution in [2.24, 2.45) is 5.92 Å². The van der Waals surface area contributed by atoms with Gasteiger partial charge in [0.05, 0.1) is 3.79 Å². The first-order chi connectivity index (χ1) is 7.41. The van der Waals surface area contributed by atoms with Crippen LogP contribution in [-0.4, -0.2) is 28.9 Å². The predicted molar refractivity (Wildman–Crippen MR) is 65.3 cm³/mol. The number of carbonyl (C=O) groups is 2. The highest BCUT2D eigenvalue weighted by Gasteiger charge is 2.23. The second-order valence-corrected chi connectivity index (χ2v) is 5.80. The molecule has 16 heavy (non-hydrogen) atoms. The fourth-order valence-corrected chi connectivity index (χ4v) is 2.42. The lowest BCUT2D eigenvalue weighted by Crippen LogP contribution is -2.34. The summed E-state index contributed by atoms with van der Waals surface area (Å²) in [5.41, 5.74) is 0.991. The highest BCUT2D eigenvalue weighted by molar-refractivity contribution is 9.11. The summed E-state index contributed by atoms with van der Waals surface area (Å²) in [6, 6.07) is 1.92. The molecule has 1 aromatic heterocycles. The average Bonchev–Trinajstić information content (AvgIpc) is 2.61. The fourth-order valence-electron chi connectivity index (χ4n) is 1.22. The third-order valence-corrected chi connectivity index (χ3v) is 3.71. The lowest BCUT2D eigenvalue weighted by atomic mass is 10.1. The zero-order chi connectivity index (χ0) is 12.3. The Bertz CT molecular complexity index is 405. The van der Waals surface area contributed by atoms with Gasteiger partial charge in [-0.15, -0.1) is 11.3 Å². The smallest absolute Gasteiger partial charge is 0.315 e. The van der Waals surface area contributed by atoms with Crippen LogP contribution in [0, 0.1) is 5.92 Å². The van der Waals surface area contributed by atoms with Gasteiger partial charge in [-0.3, -0.25) is 9.59 Å². The number of amides is 1. The molecule has 0 aliphatic rings. The van der Waals surface area contributed by atoms with Crippen molar-refractivity contribution in [1.29, 1.82) is 0 Å². The molecular formula is C10H12BrNO3S. The van der Waals surface area contributed by atoms with Crippen molar-refractivity contribution in [3.8, 4) is 0 Å². The quantitative estimate of drug-likeness (QED) is 0.868. The Kier molecular flexibility index (Phi) is 4.49. The molecule has 0 saturated carbocycles. The SMILES string of the molecule is CC(C(=O)O)C(=O)N(C)Cc1csc(Br)c1. The molecule has 6 heteroatoms. The fraction of sp³-hybridized carbons (Fsp3) is 0.400. The minimum Gasteiger partial charge on any atom is -0.481 e. The van der Waals surface area contributed by atoms with E-state index in [1.54, 1.807) is 7.05 Å². The van der Waals surface area contributed by atoms with Crippen molar-refractivity contribution in [1.82, 2.24) is 4.90 Å². The highest BCUT2D eigenvalue weighted by atomic mass is 79.9. The summed E-state index contributed by atoms with van der Waals surface area (Å²) in [6.07, 6.45) is 0. The van der Waals surface area contributed by atoms with E-state index in [-0.39, 0.29) is 5.91 Å². The Morgan fingerprint density at radius 1 is 1.62 bits per heavy atom. The van der Waals surface area contributed by atoms with Crippen LogP contribution < -0.4 is 0 Å². The number of carbonyl (C=O) groups excluding carboxylic acids is 1. The van der Waals surface area contributed by atoms with E-state index in [1.807, 2.05) is 11.4 Å². The van der Waals surface area contributed by atoms with Crippen molar-refractivity contribution in [2.75, 3.05) is 7.05 Å². The molecule has 1 rings (SSSR count). The summed E-state index contributed by atoms with van der Waals surface area (Å²) < 4.78 is 0.995. The normalized spacial score (nSPS) is 12.2. The maximum Gasteiger partial charge on any atom is 0.315 e. The molecule has 1 unspecified atom stereocenters. The molecule has 88 valence electrons. The lowest BCUT2D eigenvalue weighted by Gasteiger charge is -2.18. The minimum atomic E-state index is -1.09. The van der Waals surface area contributed by atoms with E-state index in [0.717, 1.165) is 9.35 Å². The standard InChI is InChI=1S/C10H12BrNO3S/c1-6(10(14)15)9(13)12(2)4-7-3-8(11)16-5-7/h3,5-6H,4H2,1-2H3,(H,14,15). The maximum absolute atomic E-state index is 11.6. The number of carboxylic acids is 1. The highest BCUT2D eigenvalue weighted by Crippen LogP contribution is 2.21. The van der Waals surface area contributed by atoms with Crippen LogP contribution >= 0.6 is 27.3 Å². The first-order valence-corrected chi connectivity index (χ1v) is 6.29. The number of hydrogen-bond donors (Lipinski definition) is 1. The van der Waals surface area contributed by atoms with Gasteiger partial charge in [0, 0.05) is 13.6 Å². The molecule has 0 spiro atoms. The first-order valence-electron chi connectivity index (χ1n) is 4.62. The summed E-state index contributed by atoms with van der Waals surface area (Å²) in [6.45, 7) is 1.82. The van der Waals surface area contributed by atoms with Gasteiger partial charge in [-0.25, -0.2) is 0 Å². The van der Waals surface area contributed by atoms with E-state index in [9.17, 15) is 9.59 Å². The van der Waals surface area contributed by atoms with Crippen LogP contribution in [0.2, 0.25) is 0 Å². The van der Waals surface area contributed by atoms with Crippen molar-refractivity contribution in [3.63, 3.8) is 0 Å². The maximum atomic E-state index is 11.6. The number of rotatable bonds is 4. The van der Waals surface area contributed by atoms with E-state index in [2.05, 4.69) is 15.9 Å². The Labute approximate surface area is 106 Å². The van der Waals surface area contributed by atoms with Gasteiger partial charge < -0.3 is 10.0 Å². The molecule has 1 N–H and O–H groups in total. The third kappa shape index (κ3) is 3.31. The molecule has 1 aromatic rings. The number of carboxylic acid groups (broad SMARTS) is 1. The Balaban J connectivity index is 2.62. The zero-order valence-corrected chi connectivity index (χ0v) is 11.3. The first kappa shape index (κ1) is 13.2. The summed E-state index contributed by atoms with van der Waals surface area (Å²) in [5.74, 6) is -2.47. The van der Waals surface area contributed by atoms with Gasteiger partial charge in [-0.05, 0) is 39.9 Å². The van der Waals surface area contributed by atoms with Crippen molar-refractivity contribution < 1.29 is 14.7 Å².